The highest BCUT2D eigenvalue weighted by Gasteiger charge is 2.28. The molecular formula is C21H25N5. The maximum Gasteiger partial charge on any atom is 0.131 e. The van der Waals surface area contributed by atoms with Crippen molar-refractivity contribution < 1.29 is 0 Å². The molecule has 0 unspecified atom stereocenters. The third kappa shape index (κ3) is 2.80. The van der Waals surface area contributed by atoms with Crippen molar-refractivity contribution >= 4 is 11.0 Å². The number of fused-ring (bicyclic) bond motifs is 2. The van der Waals surface area contributed by atoms with Gasteiger partial charge in [-0.25, -0.2) is 15.0 Å². The number of para-hydroxylation sites is 2. The molecule has 0 radical (unpaired) electrons. The largest absolute Gasteiger partial charge is 0.324 e. The van der Waals surface area contributed by atoms with Crippen LogP contribution in [0.1, 0.15) is 61.6 Å². The molecular weight excluding hydrogens is 322 g/mol. The molecule has 0 saturated heterocycles. The molecule has 1 aliphatic heterocycles. The molecule has 3 heterocycles. The maximum absolute atomic E-state index is 4.92. The summed E-state index contributed by atoms with van der Waals surface area (Å²) in [7, 11) is 0. The van der Waals surface area contributed by atoms with Gasteiger partial charge in [0.2, 0.25) is 0 Å². The van der Waals surface area contributed by atoms with Crippen LogP contribution in [0.4, 0.5) is 0 Å². The zero-order chi connectivity index (χ0) is 17.7. The van der Waals surface area contributed by atoms with Gasteiger partial charge in [0, 0.05) is 48.9 Å². The summed E-state index contributed by atoms with van der Waals surface area (Å²) in [6.45, 7) is 7.29. The van der Waals surface area contributed by atoms with E-state index in [-0.39, 0.29) is 0 Å². The molecule has 2 aliphatic rings. The van der Waals surface area contributed by atoms with E-state index < -0.39 is 0 Å². The molecule has 26 heavy (non-hydrogen) atoms. The second-order valence-corrected chi connectivity index (χ2v) is 7.92. The lowest BCUT2D eigenvalue weighted by molar-refractivity contribution is 0.232. The molecule has 0 amide bonds. The van der Waals surface area contributed by atoms with E-state index in [4.69, 9.17) is 9.97 Å². The summed E-state index contributed by atoms with van der Waals surface area (Å²) >= 11 is 0. The number of aromatic nitrogens is 4. The number of nitrogens with zero attached hydrogens (tertiary/aromatic N) is 5. The first-order valence-electron chi connectivity index (χ1n) is 9.72. The number of imidazole rings is 1. The van der Waals surface area contributed by atoms with Crippen molar-refractivity contribution in [3.63, 3.8) is 0 Å². The first-order valence-corrected chi connectivity index (χ1v) is 9.72. The van der Waals surface area contributed by atoms with Gasteiger partial charge in [0.15, 0.2) is 0 Å². The Hall–Kier alpha value is -2.27. The van der Waals surface area contributed by atoms with Crippen LogP contribution in [0.5, 0.6) is 0 Å². The minimum Gasteiger partial charge on any atom is -0.324 e. The summed E-state index contributed by atoms with van der Waals surface area (Å²) in [6.07, 6.45) is 5.60. The van der Waals surface area contributed by atoms with E-state index in [2.05, 4.69) is 58.8 Å². The highest BCUT2D eigenvalue weighted by molar-refractivity contribution is 5.76. The van der Waals surface area contributed by atoms with Crippen molar-refractivity contribution in [1.82, 2.24) is 24.4 Å². The van der Waals surface area contributed by atoms with Crippen LogP contribution in [0.25, 0.3) is 11.0 Å². The fourth-order valence-corrected chi connectivity index (χ4v) is 4.05. The number of rotatable bonds is 4. The molecule has 1 fully saturated rings. The SMILES string of the molecule is CC(C)n1c(CN2CCc3nc(C4CC4)ncc3C2)nc2ccccc21. The lowest BCUT2D eigenvalue weighted by atomic mass is 10.1. The van der Waals surface area contributed by atoms with Gasteiger partial charge in [0.1, 0.15) is 11.6 Å². The van der Waals surface area contributed by atoms with Gasteiger partial charge in [0.25, 0.3) is 0 Å². The minimum absolute atomic E-state index is 0.402. The Morgan fingerprint density at radius 1 is 1.15 bits per heavy atom. The lowest BCUT2D eigenvalue weighted by Crippen LogP contribution is -2.32. The van der Waals surface area contributed by atoms with E-state index in [0.717, 1.165) is 43.2 Å². The molecule has 2 aromatic heterocycles. The van der Waals surface area contributed by atoms with Gasteiger partial charge in [-0.15, -0.1) is 0 Å². The third-order valence-electron chi connectivity index (χ3n) is 5.52. The maximum atomic E-state index is 4.92. The van der Waals surface area contributed by atoms with Gasteiger partial charge in [-0.05, 0) is 38.8 Å². The number of hydrogen-bond donors (Lipinski definition) is 0. The quantitative estimate of drug-likeness (QED) is 0.719. The zero-order valence-corrected chi connectivity index (χ0v) is 15.5. The summed E-state index contributed by atoms with van der Waals surface area (Å²) in [5, 5.41) is 0. The van der Waals surface area contributed by atoms with Gasteiger partial charge in [-0.3, -0.25) is 4.90 Å². The Morgan fingerprint density at radius 3 is 2.81 bits per heavy atom. The molecule has 5 rings (SSSR count). The van der Waals surface area contributed by atoms with Crippen LogP contribution in [0.3, 0.4) is 0 Å². The molecule has 5 heteroatoms. The van der Waals surface area contributed by atoms with Crippen LogP contribution in [-0.2, 0) is 19.5 Å². The summed E-state index contributed by atoms with van der Waals surface area (Å²) < 4.78 is 2.37. The van der Waals surface area contributed by atoms with Crippen molar-refractivity contribution in [2.45, 2.75) is 58.2 Å². The highest BCUT2D eigenvalue weighted by Crippen LogP contribution is 2.38. The van der Waals surface area contributed by atoms with Crippen molar-refractivity contribution in [3.8, 4) is 0 Å². The van der Waals surface area contributed by atoms with E-state index in [1.165, 1.54) is 29.6 Å². The topological polar surface area (TPSA) is 46.8 Å². The van der Waals surface area contributed by atoms with Crippen LogP contribution in [0.2, 0.25) is 0 Å². The molecule has 0 bridgehead atoms. The molecule has 134 valence electrons. The van der Waals surface area contributed by atoms with Crippen molar-refractivity contribution in [2.24, 2.45) is 0 Å². The van der Waals surface area contributed by atoms with Crippen molar-refractivity contribution in [1.29, 1.82) is 0 Å². The van der Waals surface area contributed by atoms with Crippen LogP contribution < -0.4 is 0 Å². The van der Waals surface area contributed by atoms with Crippen molar-refractivity contribution in [3.05, 3.63) is 53.4 Å². The molecule has 0 spiro atoms. The van der Waals surface area contributed by atoms with Crippen molar-refractivity contribution in [2.75, 3.05) is 6.54 Å². The second kappa shape index (κ2) is 6.16. The van der Waals surface area contributed by atoms with Crippen LogP contribution in [-0.4, -0.2) is 31.0 Å². The van der Waals surface area contributed by atoms with Crippen LogP contribution in [0, 0.1) is 0 Å². The molecule has 0 N–H and O–H groups in total. The smallest absolute Gasteiger partial charge is 0.131 e. The summed E-state index contributed by atoms with van der Waals surface area (Å²) in [6, 6.07) is 8.84. The van der Waals surface area contributed by atoms with Gasteiger partial charge >= 0.3 is 0 Å². The molecule has 3 aromatic rings. The predicted molar refractivity (Wildman–Crippen MR) is 102 cm³/mol. The first-order chi connectivity index (χ1) is 12.7. The van der Waals surface area contributed by atoms with Gasteiger partial charge < -0.3 is 4.57 Å². The summed E-state index contributed by atoms with van der Waals surface area (Å²) in [5.74, 6) is 2.85. The fraction of sp³-hybridized carbons (Fsp3) is 0.476. The van der Waals surface area contributed by atoms with Gasteiger partial charge in [0.05, 0.1) is 17.6 Å². The zero-order valence-electron chi connectivity index (χ0n) is 15.5. The van der Waals surface area contributed by atoms with E-state index >= 15 is 0 Å². The van der Waals surface area contributed by atoms with Gasteiger partial charge in [-0.1, -0.05) is 12.1 Å². The first kappa shape index (κ1) is 15.9. The van der Waals surface area contributed by atoms with Gasteiger partial charge in [-0.2, -0.15) is 0 Å². The number of hydrogen-bond acceptors (Lipinski definition) is 4. The third-order valence-corrected chi connectivity index (χ3v) is 5.52. The predicted octanol–water partition coefficient (Wildman–Crippen LogP) is 3.84. The van der Waals surface area contributed by atoms with E-state index in [1.54, 1.807) is 0 Å². The fourth-order valence-electron chi connectivity index (χ4n) is 4.05. The molecule has 5 nitrogen and oxygen atoms in total. The Balaban J connectivity index is 1.40. The Bertz CT molecular complexity index is 954. The summed E-state index contributed by atoms with van der Waals surface area (Å²) in [4.78, 5) is 16.9. The van der Waals surface area contributed by atoms with Crippen LogP contribution >= 0.6 is 0 Å². The van der Waals surface area contributed by atoms with E-state index in [0.29, 0.717) is 12.0 Å². The summed E-state index contributed by atoms with van der Waals surface area (Å²) in [5.41, 5.74) is 4.86. The normalized spacial score (nSPS) is 17.8. The Labute approximate surface area is 154 Å². The molecule has 1 saturated carbocycles. The lowest BCUT2D eigenvalue weighted by Gasteiger charge is -2.28. The van der Waals surface area contributed by atoms with E-state index in [9.17, 15) is 0 Å². The highest BCUT2D eigenvalue weighted by atomic mass is 15.2. The standard InChI is InChI=1S/C21H25N5/c1-14(2)26-19-6-4-3-5-18(19)23-20(26)13-25-10-9-17-16(12-25)11-22-21(24-17)15-7-8-15/h3-6,11,14-15H,7-10,12-13H2,1-2H3. The second-order valence-electron chi connectivity index (χ2n) is 7.92. The molecule has 0 atom stereocenters. The Morgan fingerprint density at radius 2 is 2.00 bits per heavy atom. The van der Waals surface area contributed by atoms with Crippen LogP contribution in [0.15, 0.2) is 30.5 Å². The Kier molecular flexibility index (Phi) is 3.78. The average Bonchev–Trinajstić information content (AvgIpc) is 3.42. The molecule has 1 aliphatic carbocycles. The monoisotopic (exact) mass is 347 g/mol. The van der Waals surface area contributed by atoms with E-state index in [1.807, 2.05) is 0 Å². The average molecular weight is 347 g/mol. The minimum atomic E-state index is 0.402. The number of benzene rings is 1. The molecule has 1 aromatic carbocycles.